The zero-order chi connectivity index (χ0) is 19.4. The highest BCUT2D eigenvalue weighted by Gasteiger charge is 2.21. The van der Waals surface area contributed by atoms with Crippen molar-refractivity contribution in [2.45, 2.75) is 46.5 Å². The van der Waals surface area contributed by atoms with Crippen molar-refractivity contribution in [2.24, 2.45) is 5.92 Å². The van der Waals surface area contributed by atoms with Gasteiger partial charge in [-0.05, 0) is 61.7 Å². The molecule has 27 heavy (non-hydrogen) atoms. The van der Waals surface area contributed by atoms with Crippen molar-refractivity contribution in [3.05, 3.63) is 54.0 Å². The smallest absolute Gasteiger partial charge is 0.228 e. The maximum absolute atomic E-state index is 13.3. The summed E-state index contributed by atoms with van der Waals surface area (Å²) in [6.45, 7) is 6.17. The quantitative estimate of drug-likeness (QED) is 0.590. The van der Waals surface area contributed by atoms with Gasteiger partial charge in [0.15, 0.2) is 0 Å². The third kappa shape index (κ3) is 4.18. The summed E-state index contributed by atoms with van der Waals surface area (Å²) in [4.78, 5) is 17.6. The molecule has 0 aliphatic carbocycles. The van der Waals surface area contributed by atoms with E-state index in [1.165, 1.54) is 12.1 Å². The van der Waals surface area contributed by atoms with Crippen molar-refractivity contribution < 1.29 is 9.18 Å². The summed E-state index contributed by atoms with van der Waals surface area (Å²) >= 11 is 0. The Hall–Kier alpha value is -2.69. The van der Waals surface area contributed by atoms with Gasteiger partial charge in [0.1, 0.15) is 23.0 Å². The normalized spacial score (nSPS) is 12.3. The van der Waals surface area contributed by atoms with Crippen LogP contribution in [0.25, 0.3) is 16.9 Å². The molecule has 142 valence electrons. The van der Waals surface area contributed by atoms with Crippen LogP contribution < -0.4 is 5.32 Å². The summed E-state index contributed by atoms with van der Waals surface area (Å²) in [7, 11) is 0. The number of nitrogens with one attached hydrogen (secondary N) is 1. The number of rotatable bonds is 7. The van der Waals surface area contributed by atoms with Crippen LogP contribution in [0.5, 0.6) is 0 Å². The van der Waals surface area contributed by atoms with E-state index in [0.717, 1.165) is 42.5 Å². The van der Waals surface area contributed by atoms with E-state index in [-0.39, 0.29) is 17.6 Å². The second-order valence-electron chi connectivity index (χ2n) is 6.98. The minimum atomic E-state index is -0.297. The molecule has 1 N–H and O–H groups in total. The Labute approximate surface area is 159 Å². The van der Waals surface area contributed by atoms with Crippen LogP contribution in [0.3, 0.4) is 0 Å². The molecular weight excluding hydrogens is 341 g/mol. The molecule has 2 heterocycles. The molecule has 0 fully saturated rings. The van der Waals surface area contributed by atoms with Gasteiger partial charge in [0.25, 0.3) is 0 Å². The zero-order valence-corrected chi connectivity index (χ0v) is 16.1. The number of imidazole rings is 1. The van der Waals surface area contributed by atoms with Crippen LogP contribution in [-0.2, 0) is 4.79 Å². The van der Waals surface area contributed by atoms with Crippen molar-refractivity contribution >= 4 is 17.4 Å². The van der Waals surface area contributed by atoms with Crippen LogP contribution >= 0.6 is 0 Å². The van der Waals surface area contributed by atoms with Crippen molar-refractivity contribution in [2.75, 3.05) is 5.32 Å². The molecule has 0 saturated heterocycles. The van der Waals surface area contributed by atoms with E-state index in [1.54, 1.807) is 12.1 Å². The molecule has 0 bridgehead atoms. The fourth-order valence-electron chi connectivity index (χ4n) is 3.26. The fraction of sp³-hybridized carbons (Fsp3) is 0.364. The van der Waals surface area contributed by atoms with Gasteiger partial charge in [0.05, 0.1) is 0 Å². The lowest BCUT2D eigenvalue weighted by Crippen LogP contribution is -2.23. The number of halogens is 1. The fourth-order valence-corrected chi connectivity index (χ4v) is 3.26. The van der Waals surface area contributed by atoms with E-state index >= 15 is 0 Å². The Bertz CT molecular complexity index is 931. The number of nitrogens with zero attached hydrogens (tertiary/aromatic N) is 2. The molecule has 3 rings (SSSR count). The molecule has 0 aliphatic rings. The lowest BCUT2D eigenvalue weighted by molar-refractivity contribution is -0.120. The third-order valence-electron chi connectivity index (χ3n) is 4.91. The van der Waals surface area contributed by atoms with Crippen LogP contribution in [0, 0.1) is 18.7 Å². The Morgan fingerprint density at radius 1 is 1.22 bits per heavy atom. The molecule has 3 aromatic rings. The number of unbranched alkanes of at least 4 members (excludes halogenated alkanes) is 1. The topological polar surface area (TPSA) is 46.4 Å². The maximum atomic E-state index is 13.3. The number of pyridine rings is 1. The summed E-state index contributed by atoms with van der Waals surface area (Å²) < 4.78 is 15.2. The largest absolute Gasteiger partial charge is 0.310 e. The second kappa shape index (κ2) is 8.33. The number of amides is 1. The monoisotopic (exact) mass is 367 g/mol. The van der Waals surface area contributed by atoms with Crippen molar-refractivity contribution in [3.8, 4) is 11.3 Å². The minimum absolute atomic E-state index is 0.0108. The molecule has 1 atom stereocenters. The number of anilines is 1. The molecule has 5 heteroatoms. The molecule has 1 amide bonds. The van der Waals surface area contributed by atoms with Gasteiger partial charge in [-0.2, -0.15) is 0 Å². The molecule has 2 aromatic heterocycles. The summed E-state index contributed by atoms with van der Waals surface area (Å²) in [5.41, 5.74) is 3.27. The van der Waals surface area contributed by atoms with Crippen LogP contribution in [0.1, 0.15) is 45.1 Å². The molecule has 0 spiro atoms. The van der Waals surface area contributed by atoms with E-state index in [9.17, 15) is 9.18 Å². The average Bonchev–Trinajstić information content (AvgIpc) is 3.00. The van der Waals surface area contributed by atoms with E-state index in [4.69, 9.17) is 4.98 Å². The van der Waals surface area contributed by atoms with Crippen LogP contribution in [-0.4, -0.2) is 15.3 Å². The number of fused-ring (bicyclic) bond motifs is 1. The van der Waals surface area contributed by atoms with Gasteiger partial charge in [-0.25, -0.2) is 9.37 Å². The SMILES string of the molecule is CCCCC(CC)C(=O)Nc1c(-c2ccc(F)cc2)nc2cc(C)ccn12. The first kappa shape index (κ1) is 19.1. The number of hydrogen-bond donors (Lipinski definition) is 1. The van der Waals surface area contributed by atoms with Crippen LogP contribution in [0.2, 0.25) is 0 Å². The number of aromatic nitrogens is 2. The number of carbonyl (C=O) groups excluding carboxylic acids is 1. The Morgan fingerprint density at radius 2 is 1.96 bits per heavy atom. The average molecular weight is 367 g/mol. The van der Waals surface area contributed by atoms with E-state index in [1.807, 2.05) is 36.6 Å². The van der Waals surface area contributed by atoms with Gasteiger partial charge >= 0.3 is 0 Å². The van der Waals surface area contributed by atoms with E-state index in [2.05, 4.69) is 12.2 Å². The Kier molecular flexibility index (Phi) is 5.89. The predicted octanol–water partition coefficient (Wildman–Crippen LogP) is 5.60. The number of hydrogen-bond acceptors (Lipinski definition) is 2. The van der Waals surface area contributed by atoms with E-state index < -0.39 is 0 Å². The third-order valence-corrected chi connectivity index (χ3v) is 4.91. The van der Waals surface area contributed by atoms with Gasteiger partial charge in [-0.15, -0.1) is 0 Å². The summed E-state index contributed by atoms with van der Waals surface area (Å²) in [6, 6.07) is 10.1. The summed E-state index contributed by atoms with van der Waals surface area (Å²) in [5, 5.41) is 3.09. The van der Waals surface area contributed by atoms with Gasteiger partial charge in [-0.1, -0.05) is 26.7 Å². The first-order valence-electron chi connectivity index (χ1n) is 9.59. The number of benzene rings is 1. The van der Waals surface area contributed by atoms with Gasteiger partial charge in [-0.3, -0.25) is 9.20 Å². The lowest BCUT2D eigenvalue weighted by atomic mass is 9.98. The highest BCUT2D eigenvalue weighted by atomic mass is 19.1. The van der Waals surface area contributed by atoms with Gasteiger partial charge in [0, 0.05) is 17.7 Å². The first-order chi connectivity index (χ1) is 13.0. The predicted molar refractivity (Wildman–Crippen MR) is 107 cm³/mol. The van der Waals surface area contributed by atoms with Crippen LogP contribution in [0.4, 0.5) is 10.2 Å². The van der Waals surface area contributed by atoms with Gasteiger partial charge < -0.3 is 5.32 Å². The van der Waals surface area contributed by atoms with Crippen molar-refractivity contribution in [3.63, 3.8) is 0 Å². The van der Waals surface area contributed by atoms with Crippen LogP contribution in [0.15, 0.2) is 42.6 Å². The molecule has 4 nitrogen and oxygen atoms in total. The van der Waals surface area contributed by atoms with Gasteiger partial charge in [0.2, 0.25) is 5.91 Å². The second-order valence-corrected chi connectivity index (χ2v) is 6.98. The summed E-state index contributed by atoms with van der Waals surface area (Å²) in [6.07, 6.45) is 5.68. The Morgan fingerprint density at radius 3 is 2.63 bits per heavy atom. The number of aryl methyl sites for hydroxylation is 1. The standard InChI is InChI=1S/C22H26FN3O/c1-4-6-7-16(5-2)22(27)25-21-20(17-8-10-18(23)11-9-17)24-19-14-15(3)12-13-26(19)21/h8-14,16H,4-7H2,1-3H3,(H,25,27). The zero-order valence-electron chi connectivity index (χ0n) is 16.1. The maximum Gasteiger partial charge on any atom is 0.228 e. The lowest BCUT2D eigenvalue weighted by Gasteiger charge is -2.15. The van der Waals surface area contributed by atoms with Crippen molar-refractivity contribution in [1.82, 2.24) is 9.38 Å². The molecule has 0 radical (unpaired) electrons. The molecule has 0 saturated carbocycles. The number of carbonyl (C=O) groups is 1. The Balaban J connectivity index is 2.02. The first-order valence-corrected chi connectivity index (χ1v) is 9.59. The molecular formula is C22H26FN3O. The molecule has 1 aromatic carbocycles. The van der Waals surface area contributed by atoms with E-state index in [0.29, 0.717) is 11.5 Å². The van der Waals surface area contributed by atoms with Crippen molar-refractivity contribution in [1.29, 1.82) is 0 Å². The molecule has 1 unspecified atom stereocenters. The summed E-state index contributed by atoms with van der Waals surface area (Å²) in [5.74, 6) is 0.324. The highest BCUT2D eigenvalue weighted by Crippen LogP contribution is 2.30. The minimum Gasteiger partial charge on any atom is -0.310 e. The highest BCUT2D eigenvalue weighted by molar-refractivity contribution is 5.96. The molecule has 0 aliphatic heterocycles.